The molecule has 1 aliphatic rings. The monoisotopic (exact) mass is 318 g/mol. The van der Waals surface area contributed by atoms with Crippen LogP contribution in [-0.4, -0.2) is 22.6 Å². The Balaban J connectivity index is 0.00000176. The summed E-state index contributed by atoms with van der Waals surface area (Å²) in [4.78, 5) is 36.2. The summed E-state index contributed by atoms with van der Waals surface area (Å²) in [6, 6.07) is 7.40. The van der Waals surface area contributed by atoms with E-state index in [-0.39, 0.29) is 51.6 Å². The van der Waals surface area contributed by atoms with E-state index in [4.69, 9.17) is 16.6 Å². The predicted molar refractivity (Wildman–Crippen MR) is 82.8 cm³/mol. The van der Waals surface area contributed by atoms with Crippen LogP contribution in [-0.2, 0) is 0 Å². The smallest absolute Gasteiger partial charge is 0.337 e. The third-order valence-electron chi connectivity index (χ3n) is 3.50. The van der Waals surface area contributed by atoms with E-state index in [1.54, 1.807) is 12.1 Å². The first-order chi connectivity index (χ1) is 9.93. The van der Waals surface area contributed by atoms with Crippen LogP contribution in [0.1, 0.15) is 42.2 Å². The second kappa shape index (κ2) is 5.16. The van der Waals surface area contributed by atoms with Crippen molar-refractivity contribution in [3.05, 3.63) is 58.1 Å². The number of nitrogen functional groups attached to an aromatic ring is 2. The summed E-state index contributed by atoms with van der Waals surface area (Å²) in [5, 5.41) is 9.11. The molecule has 0 spiro atoms. The maximum absolute atomic E-state index is 12.5. The normalized spacial score (nSPS) is 12.2. The molecule has 0 bridgehead atoms. The molecule has 3 rings (SSSR count). The van der Waals surface area contributed by atoms with Gasteiger partial charge in [0.15, 0.2) is 11.6 Å². The van der Waals surface area contributed by atoms with Gasteiger partial charge in [0.05, 0.1) is 22.4 Å². The topological polar surface area (TPSA) is 123 Å². The lowest BCUT2D eigenvalue weighted by molar-refractivity contribution is 0.0697. The van der Waals surface area contributed by atoms with Crippen LogP contribution in [0.25, 0.3) is 0 Å². The third kappa shape index (κ3) is 1.93. The number of benzene rings is 2. The van der Waals surface area contributed by atoms with Gasteiger partial charge in [-0.2, -0.15) is 0 Å². The molecule has 112 valence electrons. The van der Waals surface area contributed by atoms with E-state index in [0.717, 1.165) is 6.07 Å². The van der Waals surface area contributed by atoms with E-state index in [9.17, 15) is 14.4 Å². The van der Waals surface area contributed by atoms with Gasteiger partial charge in [-0.15, -0.1) is 12.4 Å². The molecule has 0 fully saturated rings. The molecule has 22 heavy (non-hydrogen) atoms. The Hall–Kier alpha value is -2.86. The number of fused-ring (bicyclic) bond motifs is 2. The van der Waals surface area contributed by atoms with Crippen molar-refractivity contribution < 1.29 is 19.5 Å². The number of carbonyl (C=O) groups excluding carboxylic acids is 2. The van der Waals surface area contributed by atoms with Gasteiger partial charge in [0.2, 0.25) is 0 Å². The molecule has 0 heterocycles. The van der Waals surface area contributed by atoms with Crippen molar-refractivity contribution in [2.75, 3.05) is 11.5 Å². The quantitative estimate of drug-likeness (QED) is 0.587. The third-order valence-corrected chi connectivity index (χ3v) is 3.50. The molecule has 2 aromatic rings. The highest BCUT2D eigenvalue weighted by atomic mass is 35.5. The fourth-order valence-corrected chi connectivity index (χ4v) is 2.52. The highest BCUT2D eigenvalue weighted by Crippen LogP contribution is 2.36. The number of carboxylic acid groups (broad SMARTS) is 1. The van der Waals surface area contributed by atoms with Gasteiger partial charge in [0, 0.05) is 16.8 Å². The van der Waals surface area contributed by atoms with E-state index in [1.165, 1.54) is 12.1 Å². The van der Waals surface area contributed by atoms with Crippen LogP contribution in [0.4, 0.5) is 11.4 Å². The highest BCUT2D eigenvalue weighted by molar-refractivity contribution is 6.32. The summed E-state index contributed by atoms with van der Waals surface area (Å²) in [5.74, 6) is -2.23. The number of hydrogen-bond donors (Lipinski definition) is 3. The molecule has 6 nitrogen and oxygen atoms in total. The van der Waals surface area contributed by atoms with Crippen LogP contribution in [0.3, 0.4) is 0 Å². The van der Waals surface area contributed by atoms with E-state index in [2.05, 4.69) is 0 Å². The van der Waals surface area contributed by atoms with Gasteiger partial charge in [0.25, 0.3) is 0 Å². The zero-order valence-electron chi connectivity index (χ0n) is 11.1. The van der Waals surface area contributed by atoms with Crippen LogP contribution in [0.2, 0.25) is 0 Å². The molecule has 1 aliphatic carbocycles. The molecule has 5 N–H and O–H groups in total. The SMILES string of the molecule is Cl.Nc1cc(C(=O)O)c(N)c2c1C(=O)c1ccccc1C2=O. The zero-order chi connectivity index (χ0) is 15.3. The molecule has 0 saturated carbocycles. The van der Waals surface area contributed by atoms with E-state index in [1.807, 2.05) is 0 Å². The Labute approximate surface area is 131 Å². The lowest BCUT2D eigenvalue weighted by atomic mass is 9.81. The van der Waals surface area contributed by atoms with Gasteiger partial charge in [-0.25, -0.2) is 4.79 Å². The average molecular weight is 319 g/mol. The van der Waals surface area contributed by atoms with Crippen molar-refractivity contribution in [2.45, 2.75) is 0 Å². The van der Waals surface area contributed by atoms with Crippen LogP contribution in [0, 0.1) is 0 Å². The van der Waals surface area contributed by atoms with Crippen molar-refractivity contribution >= 4 is 41.3 Å². The molecule has 0 atom stereocenters. The lowest BCUT2D eigenvalue weighted by Gasteiger charge is -2.21. The predicted octanol–water partition coefficient (Wildman–Crippen LogP) is 1.75. The highest BCUT2D eigenvalue weighted by Gasteiger charge is 2.34. The largest absolute Gasteiger partial charge is 0.478 e. The van der Waals surface area contributed by atoms with Crippen molar-refractivity contribution in [2.24, 2.45) is 0 Å². The van der Waals surface area contributed by atoms with E-state index < -0.39 is 17.5 Å². The minimum Gasteiger partial charge on any atom is -0.478 e. The first kappa shape index (κ1) is 15.5. The number of halogens is 1. The summed E-state index contributed by atoms with van der Waals surface area (Å²) in [5.41, 5.74) is 11.2. The van der Waals surface area contributed by atoms with E-state index >= 15 is 0 Å². The number of nitrogens with two attached hydrogens (primary N) is 2. The van der Waals surface area contributed by atoms with Gasteiger partial charge in [-0.05, 0) is 6.07 Å². The Morgan fingerprint density at radius 2 is 1.45 bits per heavy atom. The second-order valence-electron chi connectivity index (χ2n) is 4.69. The summed E-state index contributed by atoms with van der Waals surface area (Å²) < 4.78 is 0. The Kier molecular flexibility index (Phi) is 3.64. The fourth-order valence-electron chi connectivity index (χ4n) is 2.52. The Bertz CT molecular complexity index is 846. The summed E-state index contributed by atoms with van der Waals surface area (Å²) in [7, 11) is 0. The molecule has 0 radical (unpaired) electrons. The molecular weight excluding hydrogens is 308 g/mol. The molecule has 0 unspecified atom stereocenters. The number of aromatic carboxylic acids is 1. The molecular formula is C15H11ClN2O4. The van der Waals surface area contributed by atoms with E-state index in [0.29, 0.717) is 0 Å². The number of carbonyl (C=O) groups is 3. The van der Waals surface area contributed by atoms with Gasteiger partial charge < -0.3 is 16.6 Å². The van der Waals surface area contributed by atoms with Gasteiger partial charge >= 0.3 is 5.97 Å². The fraction of sp³-hybridized carbons (Fsp3) is 0. The van der Waals surface area contributed by atoms with Gasteiger partial charge in [-0.3, -0.25) is 9.59 Å². The maximum Gasteiger partial charge on any atom is 0.337 e. The molecule has 0 aliphatic heterocycles. The van der Waals surface area contributed by atoms with Crippen LogP contribution in [0.15, 0.2) is 30.3 Å². The van der Waals surface area contributed by atoms with Crippen molar-refractivity contribution in [1.29, 1.82) is 0 Å². The average Bonchev–Trinajstić information content (AvgIpc) is 2.46. The molecule has 2 aromatic carbocycles. The first-order valence-electron chi connectivity index (χ1n) is 6.07. The first-order valence-corrected chi connectivity index (χ1v) is 6.07. The minimum absolute atomic E-state index is 0. The Morgan fingerprint density at radius 1 is 0.955 bits per heavy atom. The number of carboxylic acids is 1. The van der Waals surface area contributed by atoms with Gasteiger partial charge in [-0.1, -0.05) is 24.3 Å². The Morgan fingerprint density at radius 3 is 1.95 bits per heavy atom. The summed E-state index contributed by atoms with van der Waals surface area (Å²) in [6.07, 6.45) is 0. The molecule has 0 amide bonds. The number of rotatable bonds is 1. The number of ketones is 2. The van der Waals surface area contributed by atoms with Gasteiger partial charge in [0.1, 0.15) is 0 Å². The maximum atomic E-state index is 12.5. The van der Waals surface area contributed by atoms with Crippen molar-refractivity contribution in [3.8, 4) is 0 Å². The van der Waals surface area contributed by atoms with Crippen molar-refractivity contribution in [1.82, 2.24) is 0 Å². The molecule has 0 saturated heterocycles. The van der Waals surface area contributed by atoms with Crippen LogP contribution >= 0.6 is 12.4 Å². The van der Waals surface area contributed by atoms with Crippen LogP contribution in [0.5, 0.6) is 0 Å². The summed E-state index contributed by atoms with van der Waals surface area (Å²) in [6.45, 7) is 0. The van der Waals surface area contributed by atoms with Crippen LogP contribution < -0.4 is 11.5 Å². The van der Waals surface area contributed by atoms with Crippen molar-refractivity contribution in [3.63, 3.8) is 0 Å². The lowest BCUT2D eigenvalue weighted by Crippen LogP contribution is -2.25. The molecule has 7 heteroatoms. The standard InChI is InChI=1S/C15H10N2O4.ClH/c16-9-5-8(15(20)21)12(17)11-10(9)13(18)6-3-1-2-4-7(6)14(11)19;/h1-5H,16-17H2,(H,20,21);1H. The summed E-state index contributed by atoms with van der Waals surface area (Å²) >= 11 is 0. The number of hydrogen-bond acceptors (Lipinski definition) is 5. The number of anilines is 2. The second-order valence-corrected chi connectivity index (χ2v) is 4.69. The zero-order valence-corrected chi connectivity index (χ0v) is 11.9. The minimum atomic E-state index is -1.30. The molecule has 0 aromatic heterocycles.